The molecule has 0 saturated carbocycles. The summed E-state index contributed by atoms with van der Waals surface area (Å²) in [5.74, 6) is -1.31. The number of nitrogens with zero attached hydrogens (tertiary/aromatic N) is 5. The average Bonchev–Trinajstić information content (AvgIpc) is 3.73. The van der Waals surface area contributed by atoms with E-state index >= 15 is 0 Å². The Kier molecular flexibility index (Phi) is 8.33. The highest BCUT2D eigenvalue weighted by atomic mass is 31.2. The Morgan fingerprint density at radius 2 is 1.76 bits per heavy atom. The number of aromatic amines is 1. The van der Waals surface area contributed by atoms with Crippen LogP contribution in [-0.4, -0.2) is 74.7 Å². The van der Waals surface area contributed by atoms with Crippen LogP contribution in [0.4, 0.5) is 5.95 Å². The number of aliphatic hydroxyl groups is 2. The lowest BCUT2D eigenvalue weighted by Crippen LogP contribution is -2.37. The number of aromatic nitrogens is 6. The molecule has 236 valence electrons. The molecule has 1 aliphatic heterocycles. The molecule has 1 saturated heterocycles. The van der Waals surface area contributed by atoms with Crippen LogP contribution >= 0.6 is 15.1 Å². The smallest absolute Gasteiger partial charge is 0.339 e. The number of nitrogens with two attached hydrogens (primary N) is 1. The van der Waals surface area contributed by atoms with E-state index in [1.807, 2.05) is 54.6 Å². The fourth-order valence-electron chi connectivity index (χ4n) is 5.18. The molecule has 0 aliphatic carbocycles. The number of hydrogen-bond donors (Lipinski definition) is 6. The van der Waals surface area contributed by atoms with Gasteiger partial charge in [0, 0.05) is 12.4 Å². The molecular weight excluding hydrogens is 628 g/mol. The van der Waals surface area contributed by atoms with Gasteiger partial charge in [-0.1, -0.05) is 54.6 Å². The average molecular weight is 659 g/mol. The second-order valence-corrected chi connectivity index (χ2v) is 15.0. The molecule has 3 aromatic heterocycles. The number of benzene rings is 2. The number of fused-ring (bicyclic) bond motifs is 1. The number of aliphatic hydroxyl groups excluding tert-OH is 2. The number of ether oxygens (including phenoxy) is 1. The number of imidazole rings is 2. The van der Waals surface area contributed by atoms with Crippen molar-refractivity contribution in [2.75, 3.05) is 18.2 Å². The molecule has 6 atom stereocenters. The minimum Gasteiger partial charge on any atom is -0.387 e. The molecular formula is C27H30N7O9P2+. The minimum absolute atomic E-state index is 0.0596. The number of nitrogens with one attached hydrogen (secondary N) is 1. The maximum atomic E-state index is 13.0. The fourth-order valence-corrected chi connectivity index (χ4v) is 8.82. The number of hydrogen-bond acceptors (Lipinski definition) is 10. The highest BCUT2D eigenvalue weighted by Crippen LogP contribution is 2.58. The van der Waals surface area contributed by atoms with Gasteiger partial charge < -0.3 is 35.0 Å². The van der Waals surface area contributed by atoms with Gasteiger partial charge in [-0.15, -0.1) is 0 Å². The molecule has 0 amide bonds. The standard InChI is InChI=1S/C27H29N7O9P2/c28-27-30-24-21(25(37)31-27)32(12-17-6-8-19(9-7-17)18-4-2-1-3-5-18)15-34(24)26-23(36)22(35)20(43-26)13-42-45(40,41)16-44(38,39)33-11-10-29-14-33/h1-11,14-15,20,22-23,26,35-36H,12-13,16H2,(H4-,28,30,31,37,38,39,40,41)/p+1/t20-,22-,23-,26-/m1/s1. The normalized spacial score (nSPS) is 22.8. The van der Waals surface area contributed by atoms with E-state index in [-0.39, 0.29) is 23.7 Å². The molecule has 18 heteroatoms. The van der Waals surface area contributed by atoms with Crippen molar-refractivity contribution < 1.29 is 43.0 Å². The number of rotatable bonds is 10. The molecule has 1 fully saturated rings. The lowest BCUT2D eigenvalue weighted by molar-refractivity contribution is -0.664. The third-order valence-corrected chi connectivity index (χ3v) is 11.8. The summed E-state index contributed by atoms with van der Waals surface area (Å²) in [5, 5.41) is 21.7. The van der Waals surface area contributed by atoms with Gasteiger partial charge in [-0.2, -0.15) is 9.55 Å². The summed E-state index contributed by atoms with van der Waals surface area (Å²) in [5.41, 5.74) is 8.38. The fraction of sp³-hybridized carbons (Fsp3) is 0.259. The minimum atomic E-state index is -4.68. The number of H-pyrrole nitrogens is 1. The summed E-state index contributed by atoms with van der Waals surface area (Å²) in [6, 6.07) is 17.6. The molecule has 0 radical (unpaired) electrons. The maximum Gasteiger partial charge on any atom is 0.339 e. The highest BCUT2D eigenvalue weighted by Gasteiger charge is 2.49. The topological polar surface area (TPSA) is 232 Å². The molecule has 5 aromatic rings. The van der Waals surface area contributed by atoms with Crippen LogP contribution in [0, 0.1) is 0 Å². The van der Waals surface area contributed by atoms with Crippen molar-refractivity contribution in [2.45, 2.75) is 31.1 Å². The molecule has 2 unspecified atom stereocenters. The van der Waals surface area contributed by atoms with E-state index in [9.17, 15) is 33.9 Å². The van der Waals surface area contributed by atoms with Crippen LogP contribution in [0.1, 0.15) is 11.8 Å². The van der Waals surface area contributed by atoms with E-state index in [4.69, 9.17) is 15.0 Å². The summed E-state index contributed by atoms with van der Waals surface area (Å²) in [7, 11) is -9.02. The number of anilines is 1. The first-order chi connectivity index (χ1) is 21.4. The molecule has 1 aliphatic rings. The van der Waals surface area contributed by atoms with Gasteiger partial charge in [0.25, 0.3) is 11.2 Å². The Hall–Kier alpha value is -3.98. The summed E-state index contributed by atoms with van der Waals surface area (Å²) in [6.45, 7) is -0.466. The van der Waals surface area contributed by atoms with Crippen molar-refractivity contribution in [1.82, 2.24) is 23.9 Å². The summed E-state index contributed by atoms with van der Waals surface area (Å²) >= 11 is 0. The zero-order chi connectivity index (χ0) is 31.9. The Bertz CT molecular complexity index is 1970. The van der Waals surface area contributed by atoms with E-state index in [2.05, 4.69) is 15.0 Å². The molecule has 0 bridgehead atoms. The molecule has 2 aromatic carbocycles. The van der Waals surface area contributed by atoms with Crippen LogP contribution in [0.3, 0.4) is 0 Å². The van der Waals surface area contributed by atoms with E-state index in [0.29, 0.717) is 0 Å². The van der Waals surface area contributed by atoms with Crippen LogP contribution in [0.5, 0.6) is 0 Å². The molecule has 0 spiro atoms. The zero-order valence-corrected chi connectivity index (χ0v) is 25.3. The van der Waals surface area contributed by atoms with E-state index in [1.165, 1.54) is 23.3 Å². The van der Waals surface area contributed by atoms with E-state index < -0.39 is 57.7 Å². The SMILES string of the molecule is Nc1nc2c(c(=O)[nH]1)[n+](Cc1ccc(-c3ccccc3)cc1)cn2[C@@H]1O[C@H](COP(=O)(O)CP(=O)(O)n2ccnc2)[C@@H](O)[C@H]1O. The Labute approximate surface area is 255 Å². The predicted octanol–water partition coefficient (Wildman–Crippen LogP) is 1.02. The van der Waals surface area contributed by atoms with Crippen molar-refractivity contribution in [3.63, 3.8) is 0 Å². The molecule has 6 rings (SSSR count). The lowest BCUT2D eigenvalue weighted by Gasteiger charge is -2.19. The van der Waals surface area contributed by atoms with Gasteiger partial charge in [-0.3, -0.25) is 23.2 Å². The monoisotopic (exact) mass is 658 g/mol. The summed E-state index contributed by atoms with van der Waals surface area (Å²) in [4.78, 5) is 43.8. The van der Waals surface area contributed by atoms with Crippen LogP contribution < -0.4 is 15.9 Å². The van der Waals surface area contributed by atoms with E-state index in [1.54, 1.807) is 4.57 Å². The Morgan fingerprint density at radius 3 is 2.44 bits per heavy atom. The lowest BCUT2D eigenvalue weighted by atomic mass is 10.0. The maximum absolute atomic E-state index is 13.0. The Morgan fingerprint density at radius 1 is 1.04 bits per heavy atom. The van der Waals surface area contributed by atoms with Crippen molar-refractivity contribution >= 4 is 32.2 Å². The van der Waals surface area contributed by atoms with Gasteiger partial charge in [0.05, 0.1) is 6.61 Å². The third-order valence-electron chi connectivity index (χ3n) is 7.37. The summed E-state index contributed by atoms with van der Waals surface area (Å²) < 4.78 is 39.8. The van der Waals surface area contributed by atoms with Crippen LogP contribution in [0.25, 0.3) is 22.3 Å². The van der Waals surface area contributed by atoms with Gasteiger partial charge in [-0.05, 0) is 16.7 Å². The second kappa shape index (κ2) is 12.1. The first-order valence-electron chi connectivity index (χ1n) is 13.6. The van der Waals surface area contributed by atoms with Gasteiger partial charge in [0.15, 0.2) is 0 Å². The van der Waals surface area contributed by atoms with Gasteiger partial charge in [-0.25, -0.2) is 9.55 Å². The van der Waals surface area contributed by atoms with Gasteiger partial charge in [0.1, 0.15) is 37.1 Å². The van der Waals surface area contributed by atoms with Gasteiger partial charge >= 0.3 is 20.7 Å². The van der Waals surface area contributed by atoms with Crippen molar-refractivity contribution in [3.8, 4) is 11.1 Å². The molecule has 7 N–H and O–H groups in total. The van der Waals surface area contributed by atoms with Crippen LogP contribution in [0.15, 0.2) is 84.4 Å². The molecule has 4 heterocycles. The summed E-state index contributed by atoms with van der Waals surface area (Å²) in [6.07, 6.45) is -0.875. The van der Waals surface area contributed by atoms with Crippen molar-refractivity contribution in [3.05, 3.63) is 95.6 Å². The largest absolute Gasteiger partial charge is 0.387 e. The molecule has 45 heavy (non-hydrogen) atoms. The van der Waals surface area contributed by atoms with Crippen LogP contribution in [0.2, 0.25) is 0 Å². The zero-order valence-electron chi connectivity index (χ0n) is 23.5. The van der Waals surface area contributed by atoms with Crippen molar-refractivity contribution in [2.24, 2.45) is 0 Å². The van der Waals surface area contributed by atoms with Crippen molar-refractivity contribution in [1.29, 1.82) is 0 Å². The Balaban J connectivity index is 1.23. The third kappa shape index (κ3) is 6.41. The van der Waals surface area contributed by atoms with Gasteiger partial charge in [0.2, 0.25) is 18.5 Å². The first kappa shape index (κ1) is 31.0. The van der Waals surface area contributed by atoms with Crippen LogP contribution in [-0.2, 0) is 24.9 Å². The molecule has 16 nitrogen and oxygen atoms in total. The number of nitrogen functional groups attached to an aromatic ring is 1. The first-order valence-corrected chi connectivity index (χ1v) is 17.2. The predicted molar refractivity (Wildman–Crippen MR) is 160 cm³/mol. The quantitative estimate of drug-likeness (QED) is 0.0912. The second-order valence-electron chi connectivity index (χ2n) is 10.6. The highest BCUT2D eigenvalue weighted by molar-refractivity contribution is 7.72. The van der Waals surface area contributed by atoms with E-state index in [0.717, 1.165) is 27.4 Å².